The van der Waals surface area contributed by atoms with Crippen LogP contribution in [-0.2, 0) is 9.84 Å². The van der Waals surface area contributed by atoms with Crippen LogP contribution in [0.3, 0.4) is 0 Å². The summed E-state index contributed by atoms with van der Waals surface area (Å²) in [6.07, 6.45) is 1.08. The number of hydrogen-bond donors (Lipinski definition) is 3. The average Bonchev–Trinajstić information content (AvgIpc) is 2.25. The number of nitrogens with two attached hydrogens (primary N) is 1. The van der Waals surface area contributed by atoms with Gasteiger partial charge in [0.1, 0.15) is 5.82 Å². The predicted octanol–water partition coefficient (Wildman–Crippen LogP) is 1.34. The molecule has 0 fully saturated rings. The van der Waals surface area contributed by atoms with Crippen molar-refractivity contribution in [3.63, 3.8) is 0 Å². The number of carbonyl (C=O) groups is 1. The van der Waals surface area contributed by atoms with E-state index in [1.54, 1.807) is 0 Å². The number of benzene rings is 1. The van der Waals surface area contributed by atoms with E-state index >= 15 is 0 Å². The summed E-state index contributed by atoms with van der Waals surface area (Å²) in [6, 6.07) is 1.94. The second kappa shape index (κ2) is 5.28. The summed E-state index contributed by atoms with van der Waals surface area (Å²) in [5.74, 6) is -2.02. The molecule has 0 amide bonds. The van der Waals surface area contributed by atoms with Gasteiger partial charge in [0.2, 0.25) is 0 Å². The van der Waals surface area contributed by atoms with E-state index in [0.29, 0.717) is 0 Å². The highest BCUT2D eigenvalue weighted by Crippen LogP contribution is 2.24. The molecule has 1 aromatic rings. The van der Waals surface area contributed by atoms with E-state index in [-0.39, 0.29) is 23.5 Å². The summed E-state index contributed by atoms with van der Waals surface area (Å²) in [4.78, 5) is 10.9. The maximum Gasteiger partial charge on any atom is 0.337 e. The molecule has 112 valence electrons. The second-order valence-electron chi connectivity index (χ2n) is 5.11. The molecule has 0 radical (unpaired) electrons. The standard InChI is InChI=1S/C12H17FN2O4S/c1-12(2,20(3,18)19)6-15-10-4-7(11(16)17)9(14)5-8(10)13/h4-5,15H,6,14H2,1-3H3,(H,16,17). The molecule has 0 aliphatic heterocycles. The summed E-state index contributed by atoms with van der Waals surface area (Å²) in [6.45, 7) is 2.91. The average molecular weight is 304 g/mol. The summed E-state index contributed by atoms with van der Waals surface area (Å²) in [5.41, 5.74) is 4.86. The molecule has 0 aliphatic carbocycles. The highest BCUT2D eigenvalue weighted by molar-refractivity contribution is 7.92. The van der Waals surface area contributed by atoms with E-state index in [0.717, 1.165) is 18.4 Å². The maximum atomic E-state index is 13.7. The van der Waals surface area contributed by atoms with Crippen LogP contribution in [0.2, 0.25) is 0 Å². The Morgan fingerprint density at radius 1 is 1.45 bits per heavy atom. The molecule has 6 nitrogen and oxygen atoms in total. The van der Waals surface area contributed by atoms with Gasteiger partial charge < -0.3 is 16.2 Å². The molecule has 8 heteroatoms. The van der Waals surface area contributed by atoms with Gasteiger partial charge in [0.05, 0.1) is 16.0 Å². The molecule has 0 heterocycles. The predicted molar refractivity (Wildman–Crippen MR) is 75.2 cm³/mol. The smallest absolute Gasteiger partial charge is 0.337 e. The minimum Gasteiger partial charge on any atom is -0.478 e. The fourth-order valence-corrected chi connectivity index (χ4v) is 1.68. The van der Waals surface area contributed by atoms with Crippen molar-refractivity contribution in [3.8, 4) is 0 Å². The first kappa shape index (κ1) is 16.2. The van der Waals surface area contributed by atoms with Crippen molar-refractivity contribution in [3.05, 3.63) is 23.5 Å². The van der Waals surface area contributed by atoms with Gasteiger partial charge in [0.15, 0.2) is 9.84 Å². The molecule has 0 spiro atoms. The van der Waals surface area contributed by atoms with Gasteiger partial charge in [-0.25, -0.2) is 17.6 Å². The molecule has 0 aliphatic rings. The van der Waals surface area contributed by atoms with E-state index in [1.807, 2.05) is 0 Å². The van der Waals surface area contributed by atoms with Crippen molar-refractivity contribution in [1.29, 1.82) is 0 Å². The number of carboxylic acids is 1. The number of rotatable bonds is 5. The van der Waals surface area contributed by atoms with Crippen molar-refractivity contribution in [1.82, 2.24) is 0 Å². The summed E-state index contributed by atoms with van der Waals surface area (Å²) >= 11 is 0. The Morgan fingerprint density at radius 3 is 2.45 bits per heavy atom. The first-order valence-corrected chi connectivity index (χ1v) is 7.60. The molecule has 0 saturated heterocycles. The second-order valence-corrected chi connectivity index (χ2v) is 7.76. The van der Waals surface area contributed by atoms with E-state index < -0.39 is 26.4 Å². The van der Waals surface area contributed by atoms with E-state index in [2.05, 4.69) is 5.32 Å². The van der Waals surface area contributed by atoms with Crippen molar-refractivity contribution >= 4 is 27.2 Å². The van der Waals surface area contributed by atoms with Gasteiger partial charge >= 0.3 is 5.97 Å². The summed E-state index contributed by atoms with van der Waals surface area (Å²) in [7, 11) is -3.35. The molecular formula is C12H17FN2O4S. The molecular weight excluding hydrogens is 287 g/mol. The van der Waals surface area contributed by atoms with Gasteiger partial charge in [-0.2, -0.15) is 0 Å². The molecule has 1 rings (SSSR count). The highest BCUT2D eigenvalue weighted by atomic mass is 32.2. The van der Waals surface area contributed by atoms with Gasteiger partial charge in [0.25, 0.3) is 0 Å². The van der Waals surface area contributed by atoms with Crippen LogP contribution in [0.5, 0.6) is 0 Å². The molecule has 4 N–H and O–H groups in total. The van der Waals surface area contributed by atoms with Gasteiger partial charge in [-0.1, -0.05) is 0 Å². The van der Waals surface area contributed by atoms with E-state index in [1.165, 1.54) is 13.8 Å². The van der Waals surface area contributed by atoms with Gasteiger partial charge in [0, 0.05) is 18.5 Å². The van der Waals surface area contributed by atoms with E-state index in [4.69, 9.17) is 10.8 Å². The molecule has 0 atom stereocenters. The quantitative estimate of drug-likeness (QED) is 0.708. The number of carboxylic acid groups (broad SMARTS) is 1. The number of nitrogen functional groups attached to an aromatic ring is 1. The van der Waals surface area contributed by atoms with Crippen molar-refractivity contribution in [2.45, 2.75) is 18.6 Å². The zero-order chi connectivity index (χ0) is 15.7. The lowest BCUT2D eigenvalue weighted by Crippen LogP contribution is -2.38. The van der Waals surface area contributed by atoms with Crippen molar-refractivity contribution in [2.75, 3.05) is 23.9 Å². The van der Waals surface area contributed by atoms with Gasteiger partial charge in [-0.15, -0.1) is 0 Å². The Kier molecular flexibility index (Phi) is 4.28. The lowest BCUT2D eigenvalue weighted by Gasteiger charge is -2.23. The molecule has 0 aromatic heterocycles. The largest absolute Gasteiger partial charge is 0.478 e. The first-order chi connectivity index (χ1) is 8.95. The van der Waals surface area contributed by atoms with Crippen LogP contribution in [0.4, 0.5) is 15.8 Å². The SMILES string of the molecule is CC(C)(CNc1cc(C(=O)O)c(N)cc1F)S(C)(=O)=O. The fourth-order valence-electron chi connectivity index (χ4n) is 1.35. The van der Waals surface area contributed by atoms with Gasteiger partial charge in [-0.3, -0.25) is 0 Å². The minimum absolute atomic E-state index is 0.0638. The van der Waals surface area contributed by atoms with Gasteiger partial charge in [-0.05, 0) is 26.0 Å². The monoisotopic (exact) mass is 304 g/mol. The van der Waals surface area contributed by atoms with Crippen LogP contribution < -0.4 is 11.1 Å². The van der Waals surface area contributed by atoms with E-state index in [9.17, 15) is 17.6 Å². The fraction of sp³-hybridized carbons (Fsp3) is 0.417. The van der Waals surface area contributed by atoms with Crippen LogP contribution in [0.25, 0.3) is 0 Å². The molecule has 0 unspecified atom stereocenters. The third kappa shape index (κ3) is 3.38. The Morgan fingerprint density at radius 2 is 2.00 bits per heavy atom. The third-order valence-electron chi connectivity index (χ3n) is 3.08. The topological polar surface area (TPSA) is 109 Å². The Bertz CT molecular complexity index is 641. The molecule has 0 saturated carbocycles. The van der Waals surface area contributed by atoms with Crippen molar-refractivity contribution < 1.29 is 22.7 Å². The number of nitrogens with one attached hydrogen (secondary N) is 1. The first-order valence-electron chi connectivity index (χ1n) is 5.71. The molecule has 20 heavy (non-hydrogen) atoms. The minimum atomic E-state index is -3.35. The number of hydrogen-bond acceptors (Lipinski definition) is 5. The third-order valence-corrected chi connectivity index (χ3v) is 5.23. The zero-order valence-corrected chi connectivity index (χ0v) is 12.2. The number of halogens is 1. The highest BCUT2D eigenvalue weighted by Gasteiger charge is 2.30. The van der Waals surface area contributed by atoms with Crippen LogP contribution in [0.1, 0.15) is 24.2 Å². The maximum absolute atomic E-state index is 13.7. The van der Waals surface area contributed by atoms with Crippen LogP contribution in [0.15, 0.2) is 12.1 Å². The summed E-state index contributed by atoms with van der Waals surface area (Å²) in [5, 5.41) is 11.5. The number of aromatic carboxylic acids is 1. The lowest BCUT2D eigenvalue weighted by atomic mass is 10.1. The number of sulfone groups is 1. The summed E-state index contributed by atoms with van der Waals surface area (Å²) < 4.78 is 35.6. The Balaban J connectivity index is 3.06. The van der Waals surface area contributed by atoms with Crippen LogP contribution in [0, 0.1) is 5.82 Å². The Hall–Kier alpha value is -1.83. The molecule has 0 bridgehead atoms. The van der Waals surface area contributed by atoms with Crippen LogP contribution >= 0.6 is 0 Å². The van der Waals surface area contributed by atoms with Crippen molar-refractivity contribution in [2.24, 2.45) is 0 Å². The normalized spacial score (nSPS) is 12.2. The Labute approximate surface area is 116 Å². The van der Waals surface area contributed by atoms with Crippen LogP contribution in [-0.4, -0.2) is 37.0 Å². The molecule has 1 aromatic carbocycles. The zero-order valence-electron chi connectivity index (χ0n) is 11.4. The lowest BCUT2D eigenvalue weighted by molar-refractivity contribution is 0.0698. The number of anilines is 2.